The Hall–Kier alpha value is -1.71. The average Bonchev–Trinajstić information content (AvgIpc) is 3.19. The lowest BCUT2D eigenvalue weighted by Crippen LogP contribution is -2.19. The molecule has 1 aromatic rings. The predicted octanol–water partition coefficient (Wildman–Crippen LogP) is 2.44. The molecule has 0 radical (unpaired) electrons. The van der Waals surface area contributed by atoms with Gasteiger partial charge in [-0.15, -0.1) is 0 Å². The van der Waals surface area contributed by atoms with Crippen LogP contribution in [-0.2, 0) is 10.3 Å². The molecule has 0 N–H and O–H groups in total. The van der Waals surface area contributed by atoms with Gasteiger partial charge in [-0.3, -0.25) is 0 Å². The molecule has 0 spiro atoms. The van der Waals surface area contributed by atoms with Crippen molar-refractivity contribution in [2.75, 3.05) is 20.3 Å². The van der Waals surface area contributed by atoms with Crippen molar-refractivity contribution in [1.29, 1.82) is 0 Å². The molecule has 0 unspecified atom stereocenters. The van der Waals surface area contributed by atoms with Crippen LogP contribution in [0.5, 0.6) is 17.2 Å². The lowest BCUT2D eigenvalue weighted by atomic mass is 10.0. The second-order valence-electron chi connectivity index (χ2n) is 4.53. The number of aliphatic imine (C=N–C) groups is 1. The maximum absolute atomic E-state index is 10.6. The van der Waals surface area contributed by atoms with Crippen LogP contribution < -0.4 is 14.2 Å². The maximum atomic E-state index is 10.6. The molecule has 1 aliphatic carbocycles. The van der Waals surface area contributed by atoms with E-state index in [2.05, 4.69) is 4.99 Å². The Bertz CT molecular complexity index is 576. The standard InChI is InChI=1S/C13H12ClNO4/c1-17-8-6-9-12(19-5-4-18-9)10(11(8)14)13(2-3-13)15-7-16/h6H,2-5H2,1H3. The summed E-state index contributed by atoms with van der Waals surface area (Å²) in [5, 5.41) is 0.420. The van der Waals surface area contributed by atoms with Gasteiger partial charge < -0.3 is 14.2 Å². The van der Waals surface area contributed by atoms with E-state index in [1.807, 2.05) is 0 Å². The van der Waals surface area contributed by atoms with Crippen molar-refractivity contribution in [3.05, 3.63) is 16.7 Å². The summed E-state index contributed by atoms with van der Waals surface area (Å²) in [6.07, 6.45) is 3.10. The van der Waals surface area contributed by atoms with Gasteiger partial charge in [0.15, 0.2) is 11.5 Å². The number of halogens is 1. The van der Waals surface area contributed by atoms with Crippen molar-refractivity contribution in [1.82, 2.24) is 0 Å². The highest BCUT2D eigenvalue weighted by Crippen LogP contribution is 2.59. The molecule has 19 heavy (non-hydrogen) atoms. The Morgan fingerprint density at radius 2 is 2.16 bits per heavy atom. The highest BCUT2D eigenvalue weighted by molar-refractivity contribution is 6.33. The van der Waals surface area contributed by atoms with E-state index in [1.165, 1.54) is 7.11 Å². The van der Waals surface area contributed by atoms with Gasteiger partial charge in [0.25, 0.3) is 0 Å². The van der Waals surface area contributed by atoms with Crippen molar-refractivity contribution >= 4 is 17.7 Å². The van der Waals surface area contributed by atoms with Crippen molar-refractivity contribution < 1.29 is 19.0 Å². The van der Waals surface area contributed by atoms with Crippen LogP contribution in [0, 0.1) is 0 Å². The fraction of sp³-hybridized carbons (Fsp3) is 0.462. The van der Waals surface area contributed by atoms with Gasteiger partial charge in [0, 0.05) is 11.6 Å². The summed E-state index contributed by atoms with van der Waals surface area (Å²) in [7, 11) is 1.53. The lowest BCUT2D eigenvalue weighted by Gasteiger charge is -2.25. The molecule has 0 amide bonds. The molecule has 0 atom stereocenters. The number of hydrogen-bond acceptors (Lipinski definition) is 5. The molecule has 6 heteroatoms. The van der Waals surface area contributed by atoms with E-state index in [0.29, 0.717) is 41.0 Å². The maximum Gasteiger partial charge on any atom is 0.235 e. The number of fused-ring (bicyclic) bond motifs is 1. The molecule has 1 saturated carbocycles. The molecule has 100 valence electrons. The topological polar surface area (TPSA) is 57.1 Å². The van der Waals surface area contributed by atoms with Crippen LogP contribution in [0.3, 0.4) is 0 Å². The van der Waals surface area contributed by atoms with E-state index < -0.39 is 5.54 Å². The number of nitrogens with zero attached hydrogens (tertiary/aromatic N) is 1. The van der Waals surface area contributed by atoms with E-state index in [-0.39, 0.29) is 0 Å². The summed E-state index contributed by atoms with van der Waals surface area (Å²) in [4.78, 5) is 14.5. The Morgan fingerprint density at radius 1 is 1.42 bits per heavy atom. The lowest BCUT2D eigenvalue weighted by molar-refractivity contribution is 0.168. The SMILES string of the molecule is COc1cc2c(c(C3(N=C=O)CC3)c1Cl)OCCO2. The first-order valence-electron chi connectivity index (χ1n) is 5.97. The van der Waals surface area contributed by atoms with Crippen LogP contribution >= 0.6 is 11.6 Å². The molecular formula is C13H12ClNO4. The minimum absolute atomic E-state index is 0.420. The average molecular weight is 282 g/mol. The number of isocyanates is 1. The van der Waals surface area contributed by atoms with Gasteiger partial charge in [-0.1, -0.05) is 11.6 Å². The zero-order valence-corrected chi connectivity index (χ0v) is 11.1. The van der Waals surface area contributed by atoms with Gasteiger partial charge >= 0.3 is 0 Å². The number of rotatable bonds is 3. The number of benzene rings is 1. The second kappa shape index (κ2) is 4.44. The molecule has 0 aromatic heterocycles. The van der Waals surface area contributed by atoms with Crippen LogP contribution in [0.1, 0.15) is 18.4 Å². The molecule has 5 nitrogen and oxygen atoms in total. The largest absolute Gasteiger partial charge is 0.495 e. The molecule has 2 aliphatic rings. The predicted molar refractivity (Wildman–Crippen MR) is 68.0 cm³/mol. The zero-order chi connectivity index (χ0) is 13.5. The summed E-state index contributed by atoms with van der Waals surface area (Å²) in [5.74, 6) is 1.64. The smallest absolute Gasteiger partial charge is 0.235 e. The third kappa shape index (κ3) is 1.86. The van der Waals surface area contributed by atoms with Crippen LogP contribution in [0.4, 0.5) is 0 Å². The number of ether oxygens (including phenoxy) is 3. The van der Waals surface area contributed by atoms with E-state index >= 15 is 0 Å². The normalized spacial score (nSPS) is 18.4. The highest BCUT2D eigenvalue weighted by Gasteiger charge is 2.50. The zero-order valence-electron chi connectivity index (χ0n) is 10.4. The second-order valence-corrected chi connectivity index (χ2v) is 4.90. The summed E-state index contributed by atoms with van der Waals surface area (Å²) in [5.41, 5.74) is 0.0459. The fourth-order valence-electron chi connectivity index (χ4n) is 2.33. The van der Waals surface area contributed by atoms with Crippen LogP contribution in [0.15, 0.2) is 11.1 Å². The van der Waals surface area contributed by atoms with Gasteiger partial charge in [0.1, 0.15) is 24.5 Å². The molecular weight excluding hydrogens is 270 g/mol. The quantitative estimate of drug-likeness (QED) is 0.631. The van der Waals surface area contributed by atoms with Crippen LogP contribution in [-0.4, -0.2) is 26.4 Å². The summed E-state index contributed by atoms with van der Waals surface area (Å²) >= 11 is 6.36. The molecule has 1 aromatic carbocycles. The first-order chi connectivity index (χ1) is 9.22. The van der Waals surface area contributed by atoms with Crippen molar-refractivity contribution in [2.24, 2.45) is 4.99 Å². The van der Waals surface area contributed by atoms with E-state index in [9.17, 15) is 4.79 Å². The first-order valence-corrected chi connectivity index (χ1v) is 6.35. The van der Waals surface area contributed by atoms with Crippen molar-refractivity contribution in [3.63, 3.8) is 0 Å². The van der Waals surface area contributed by atoms with Gasteiger partial charge in [-0.25, -0.2) is 4.79 Å². The van der Waals surface area contributed by atoms with E-state index in [1.54, 1.807) is 12.1 Å². The molecule has 0 saturated heterocycles. The molecule has 0 bridgehead atoms. The van der Waals surface area contributed by atoms with E-state index in [4.69, 9.17) is 25.8 Å². The van der Waals surface area contributed by atoms with Gasteiger partial charge in [0.2, 0.25) is 6.08 Å². The molecule has 3 rings (SSSR count). The number of carbonyl (C=O) groups excluding carboxylic acids is 1. The molecule has 1 fully saturated rings. The Labute approximate surface area is 115 Å². The van der Waals surface area contributed by atoms with Gasteiger partial charge in [-0.05, 0) is 12.8 Å². The monoisotopic (exact) mass is 281 g/mol. The number of methoxy groups -OCH3 is 1. The van der Waals surface area contributed by atoms with Gasteiger partial charge in [0.05, 0.1) is 12.1 Å². The molecule has 1 heterocycles. The minimum Gasteiger partial charge on any atom is -0.495 e. The van der Waals surface area contributed by atoms with Crippen LogP contribution in [0.2, 0.25) is 5.02 Å². The third-order valence-corrected chi connectivity index (χ3v) is 3.78. The number of hydrogen-bond donors (Lipinski definition) is 0. The van der Waals surface area contributed by atoms with Crippen molar-refractivity contribution in [2.45, 2.75) is 18.4 Å². The summed E-state index contributed by atoms with van der Waals surface area (Å²) in [6, 6.07) is 1.70. The van der Waals surface area contributed by atoms with Gasteiger partial charge in [-0.2, -0.15) is 4.99 Å². The Balaban J connectivity index is 2.24. The van der Waals surface area contributed by atoms with Crippen LogP contribution in [0.25, 0.3) is 0 Å². The third-order valence-electron chi connectivity index (χ3n) is 3.40. The Morgan fingerprint density at radius 3 is 2.79 bits per heavy atom. The highest BCUT2D eigenvalue weighted by atomic mass is 35.5. The molecule has 1 aliphatic heterocycles. The first kappa shape index (κ1) is 12.3. The minimum atomic E-state index is -0.627. The summed E-state index contributed by atoms with van der Waals surface area (Å²) in [6.45, 7) is 0.921. The summed E-state index contributed by atoms with van der Waals surface area (Å²) < 4.78 is 16.5. The van der Waals surface area contributed by atoms with Crippen molar-refractivity contribution in [3.8, 4) is 17.2 Å². The fourth-order valence-corrected chi connectivity index (χ4v) is 2.72. The Kier molecular flexibility index (Phi) is 2.88. The van der Waals surface area contributed by atoms with E-state index in [0.717, 1.165) is 12.8 Å².